The Labute approximate surface area is 222 Å². The summed E-state index contributed by atoms with van der Waals surface area (Å²) in [6, 6.07) is 27.3. The standard InChI is InChI=1S/C31H29N3O2S/c1-33-18-24(17-21-9-13-25(35-2)14-10-21)29-27(19-33)30(23-11-15-26(36-3)16-12-23)34-28(20-37-31(34)32-29)22-7-5-4-6-8-22/h4-17,20,30H,18-19H2,1-3H3/b24-17+. The fourth-order valence-electron chi connectivity index (χ4n) is 5.23. The van der Waals surface area contributed by atoms with Crippen LogP contribution in [0.5, 0.6) is 11.5 Å². The lowest BCUT2D eigenvalue weighted by atomic mass is 9.88. The molecule has 6 heteroatoms. The molecule has 3 aromatic rings. The SMILES string of the molecule is COc1ccc(/C=C2\CN(C)CC3=C2N=C2SC=C(c4ccccc4)N2C3c2ccc(OC)cc2)cc1. The fraction of sp³-hybridized carbons (Fsp3) is 0.194. The molecule has 0 fully saturated rings. The van der Waals surface area contributed by atoms with Gasteiger partial charge in [-0.05, 0) is 65.2 Å². The quantitative estimate of drug-likeness (QED) is 0.397. The maximum Gasteiger partial charge on any atom is 0.174 e. The Kier molecular flexibility index (Phi) is 6.37. The lowest BCUT2D eigenvalue weighted by molar-refractivity contribution is 0.344. The van der Waals surface area contributed by atoms with Gasteiger partial charge in [0.2, 0.25) is 0 Å². The maximum absolute atomic E-state index is 5.47. The first kappa shape index (κ1) is 23.6. The van der Waals surface area contributed by atoms with Crippen molar-refractivity contribution in [1.29, 1.82) is 0 Å². The molecular formula is C31H29N3O2S. The molecule has 0 saturated carbocycles. The lowest BCUT2D eigenvalue weighted by Crippen LogP contribution is -2.40. The summed E-state index contributed by atoms with van der Waals surface area (Å²) in [6.07, 6.45) is 2.26. The van der Waals surface area contributed by atoms with E-state index in [-0.39, 0.29) is 6.04 Å². The summed E-state index contributed by atoms with van der Waals surface area (Å²) in [5, 5.41) is 3.25. The van der Waals surface area contributed by atoms with Gasteiger partial charge in [0.1, 0.15) is 11.5 Å². The van der Waals surface area contributed by atoms with Gasteiger partial charge >= 0.3 is 0 Å². The van der Waals surface area contributed by atoms with Gasteiger partial charge in [-0.15, -0.1) is 0 Å². The van der Waals surface area contributed by atoms with Gasteiger partial charge in [0, 0.05) is 18.5 Å². The van der Waals surface area contributed by atoms with Crippen LogP contribution in [0.4, 0.5) is 0 Å². The molecule has 1 unspecified atom stereocenters. The second-order valence-corrected chi connectivity index (χ2v) is 10.3. The first-order chi connectivity index (χ1) is 18.1. The van der Waals surface area contributed by atoms with Crippen LogP contribution in [0.25, 0.3) is 11.8 Å². The molecule has 3 heterocycles. The Morgan fingerprint density at radius 3 is 2.22 bits per heavy atom. The van der Waals surface area contributed by atoms with Gasteiger partial charge in [-0.1, -0.05) is 66.4 Å². The summed E-state index contributed by atoms with van der Waals surface area (Å²) in [6.45, 7) is 1.70. The molecule has 0 aliphatic carbocycles. The van der Waals surface area contributed by atoms with Crippen LogP contribution in [0.3, 0.4) is 0 Å². The Hall–Kier alpha value is -3.74. The van der Waals surface area contributed by atoms with Crippen molar-refractivity contribution in [3.8, 4) is 11.5 Å². The molecule has 0 radical (unpaired) electrons. The second kappa shape index (κ2) is 9.96. The molecule has 3 aromatic carbocycles. The number of amidine groups is 1. The summed E-state index contributed by atoms with van der Waals surface area (Å²) < 4.78 is 10.8. The molecule has 6 rings (SSSR count). The molecular weight excluding hydrogens is 478 g/mol. The van der Waals surface area contributed by atoms with E-state index in [0.717, 1.165) is 41.0 Å². The molecule has 37 heavy (non-hydrogen) atoms. The number of ether oxygens (including phenoxy) is 2. The van der Waals surface area contributed by atoms with Gasteiger partial charge in [-0.2, -0.15) is 0 Å². The van der Waals surface area contributed by atoms with E-state index >= 15 is 0 Å². The number of fused-ring (bicyclic) bond motifs is 1. The monoisotopic (exact) mass is 507 g/mol. The minimum atomic E-state index is 0.0388. The average molecular weight is 508 g/mol. The van der Waals surface area contributed by atoms with Crippen molar-refractivity contribution in [2.75, 3.05) is 34.4 Å². The van der Waals surface area contributed by atoms with E-state index < -0.39 is 0 Å². The van der Waals surface area contributed by atoms with Crippen LogP contribution in [0.15, 0.2) is 106 Å². The largest absolute Gasteiger partial charge is 0.497 e. The normalized spacial score (nSPS) is 20.4. The van der Waals surface area contributed by atoms with E-state index in [0.29, 0.717) is 0 Å². The van der Waals surface area contributed by atoms with Crippen LogP contribution in [-0.4, -0.2) is 49.3 Å². The molecule has 3 aliphatic rings. The third-order valence-electron chi connectivity index (χ3n) is 6.98. The van der Waals surface area contributed by atoms with Gasteiger partial charge in [-0.3, -0.25) is 4.90 Å². The van der Waals surface area contributed by atoms with E-state index in [4.69, 9.17) is 14.5 Å². The number of aliphatic imine (C=N–C) groups is 1. The molecule has 0 N–H and O–H groups in total. The van der Waals surface area contributed by atoms with Crippen molar-refractivity contribution in [3.05, 3.63) is 118 Å². The highest BCUT2D eigenvalue weighted by Crippen LogP contribution is 2.49. The van der Waals surface area contributed by atoms with Crippen molar-refractivity contribution in [1.82, 2.24) is 9.80 Å². The molecule has 0 aromatic heterocycles. The number of nitrogens with zero attached hydrogens (tertiary/aromatic N) is 3. The van der Waals surface area contributed by atoms with Crippen LogP contribution in [0.1, 0.15) is 22.7 Å². The van der Waals surface area contributed by atoms with Crippen molar-refractivity contribution in [2.45, 2.75) is 6.04 Å². The van der Waals surface area contributed by atoms with Crippen LogP contribution >= 0.6 is 11.8 Å². The highest BCUT2D eigenvalue weighted by Gasteiger charge is 2.41. The zero-order valence-corrected chi connectivity index (χ0v) is 22.0. The predicted molar refractivity (Wildman–Crippen MR) is 153 cm³/mol. The van der Waals surface area contributed by atoms with E-state index in [1.54, 1.807) is 26.0 Å². The molecule has 0 bridgehead atoms. The van der Waals surface area contributed by atoms with Gasteiger partial charge < -0.3 is 14.4 Å². The number of hydrogen-bond acceptors (Lipinski definition) is 6. The van der Waals surface area contributed by atoms with Crippen molar-refractivity contribution in [3.63, 3.8) is 0 Å². The highest BCUT2D eigenvalue weighted by molar-refractivity contribution is 8.16. The summed E-state index contributed by atoms with van der Waals surface area (Å²) in [7, 11) is 5.59. The number of likely N-dealkylation sites (N-methyl/N-ethyl adjacent to an activating group) is 1. The summed E-state index contributed by atoms with van der Waals surface area (Å²) in [4.78, 5) is 10.1. The first-order valence-electron chi connectivity index (χ1n) is 12.4. The van der Waals surface area contributed by atoms with Gasteiger partial charge in [0.05, 0.1) is 31.7 Å². The lowest BCUT2D eigenvalue weighted by Gasteiger charge is -2.42. The van der Waals surface area contributed by atoms with E-state index in [9.17, 15) is 0 Å². The van der Waals surface area contributed by atoms with Crippen LogP contribution in [-0.2, 0) is 0 Å². The summed E-state index contributed by atoms with van der Waals surface area (Å²) in [5.41, 5.74) is 8.40. The smallest absolute Gasteiger partial charge is 0.174 e. The van der Waals surface area contributed by atoms with E-state index in [1.807, 2.05) is 12.1 Å². The molecule has 186 valence electrons. The minimum absolute atomic E-state index is 0.0388. The van der Waals surface area contributed by atoms with Crippen LogP contribution in [0.2, 0.25) is 0 Å². The molecule has 0 spiro atoms. The summed E-state index contributed by atoms with van der Waals surface area (Å²) in [5.74, 6) is 1.72. The number of rotatable bonds is 5. The van der Waals surface area contributed by atoms with Crippen molar-refractivity contribution < 1.29 is 9.47 Å². The molecule has 5 nitrogen and oxygen atoms in total. The highest BCUT2D eigenvalue weighted by atomic mass is 32.2. The topological polar surface area (TPSA) is 37.3 Å². The first-order valence-corrected chi connectivity index (χ1v) is 13.2. The number of benzene rings is 3. The molecule has 1 atom stereocenters. The number of methoxy groups -OCH3 is 2. The third-order valence-corrected chi connectivity index (χ3v) is 7.82. The minimum Gasteiger partial charge on any atom is -0.497 e. The number of thioether (sulfide) groups is 1. The molecule has 0 amide bonds. The zero-order chi connectivity index (χ0) is 25.4. The maximum atomic E-state index is 5.47. The van der Waals surface area contributed by atoms with Gasteiger partial charge in [0.15, 0.2) is 5.17 Å². The van der Waals surface area contributed by atoms with Gasteiger partial charge in [0.25, 0.3) is 0 Å². The van der Waals surface area contributed by atoms with Crippen molar-refractivity contribution >= 4 is 28.7 Å². The number of hydrogen-bond donors (Lipinski definition) is 0. The Morgan fingerprint density at radius 2 is 1.54 bits per heavy atom. The fourth-order valence-corrected chi connectivity index (χ4v) is 6.16. The Morgan fingerprint density at radius 1 is 0.865 bits per heavy atom. The second-order valence-electron chi connectivity index (χ2n) is 9.42. The Bertz CT molecular complexity index is 1420. The average Bonchev–Trinajstić information content (AvgIpc) is 3.36. The zero-order valence-electron chi connectivity index (χ0n) is 21.2. The van der Waals surface area contributed by atoms with Crippen LogP contribution in [0, 0.1) is 0 Å². The van der Waals surface area contributed by atoms with Crippen LogP contribution < -0.4 is 9.47 Å². The summed E-state index contributed by atoms with van der Waals surface area (Å²) >= 11 is 1.70. The predicted octanol–water partition coefficient (Wildman–Crippen LogP) is 6.45. The van der Waals surface area contributed by atoms with E-state index in [2.05, 4.69) is 95.1 Å². The van der Waals surface area contributed by atoms with Crippen molar-refractivity contribution in [2.24, 2.45) is 4.99 Å². The van der Waals surface area contributed by atoms with E-state index in [1.165, 1.54) is 28.0 Å². The molecule has 3 aliphatic heterocycles. The Balaban J connectivity index is 1.49. The molecule has 0 saturated heterocycles. The van der Waals surface area contributed by atoms with Gasteiger partial charge in [-0.25, -0.2) is 4.99 Å². The third kappa shape index (κ3) is 4.47.